The second kappa shape index (κ2) is 7.28. The van der Waals surface area contributed by atoms with Crippen molar-refractivity contribution in [2.24, 2.45) is 0 Å². The number of aromatic nitrogens is 2. The number of carbonyl (C=O) groups excluding carboxylic acids is 1. The van der Waals surface area contributed by atoms with Crippen molar-refractivity contribution in [2.45, 2.75) is 27.3 Å². The van der Waals surface area contributed by atoms with Gasteiger partial charge in [-0.25, -0.2) is 4.39 Å². The lowest BCUT2D eigenvalue weighted by Crippen LogP contribution is -2.02. The summed E-state index contributed by atoms with van der Waals surface area (Å²) >= 11 is 0. The third-order valence-corrected chi connectivity index (χ3v) is 2.39. The first-order chi connectivity index (χ1) is 9.79. The molecule has 0 saturated heterocycles. The average Bonchev–Trinajstić information content (AvgIpc) is 2.82. The number of halogens is 1. The fraction of sp³-hybridized carbons (Fsp3) is 0.286. The molecule has 0 fully saturated rings. The van der Waals surface area contributed by atoms with Crippen LogP contribution < -0.4 is 0 Å². The fourth-order valence-electron chi connectivity index (χ4n) is 1.46. The summed E-state index contributed by atoms with van der Waals surface area (Å²) < 4.78 is 14.7. The van der Waals surface area contributed by atoms with Crippen LogP contribution >= 0.6 is 0 Å². The predicted octanol–water partition coefficient (Wildman–Crippen LogP) is 2.88. The molecule has 1 heterocycles. The smallest absolute Gasteiger partial charge is 0.358 e. The maximum absolute atomic E-state index is 13.3. The number of aryl methyl sites for hydroxylation is 1. The summed E-state index contributed by atoms with van der Waals surface area (Å²) in [6.07, 6.45) is 1.50. The van der Waals surface area contributed by atoms with Gasteiger partial charge in [-0.1, -0.05) is 12.1 Å². The molecule has 0 amide bonds. The van der Waals surface area contributed by atoms with Gasteiger partial charge in [0, 0.05) is 0 Å². The van der Waals surface area contributed by atoms with Crippen LogP contribution in [0.3, 0.4) is 0 Å². The van der Waals surface area contributed by atoms with Gasteiger partial charge in [-0.15, -0.1) is 0 Å². The SMILES string of the molecule is CC(C)=O.Cc1ccc(Cn2ccc([N+](=O)[O-])n2)cc1F. The Labute approximate surface area is 121 Å². The Balaban J connectivity index is 0.000000491. The summed E-state index contributed by atoms with van der Waals surface area (Å²) in [5, 5.41) is 14.2. The maximum atomic E-state index is 13.3. The number of Topliss-reactive ketones (excluding diaryl/α,β-unsaturated/α-hetero) is 1. The summed E-state index contributed by atoms with van der Waals surface area (Å²) in [5.41, 5.74) is 1.28. The fourth-order valence-corrected chi connectivity index (χ4v) is 1.46. The van der Waals surface area contributed by atoms with Crippen LogP contribution in [0, 0.1) is 22.9 Å². The molecule has 0 aliphatic rings. The van der Waals surface area contributed by atoms with E-state index >= 15 is 0 Å². The third-order valence-electron chi connectivity index (χ3n) is 2.39. The van der Waals surface area contributed by atoms with Crippen LogP contribution in [-0.2, 0) is 11.3 Å². The molecule has 0 atom stereocenters. The third kappa shape index (κ3) is 5.52. The lowest BCUT2D eigenvalue weighted by atomic mass is 10.1. The Hall–Kier alpha value is -2.57. The minimum atomic E-state index is -0.563. The molecule has 7 heteroatoms. The molecule has 6 nitrogen and oxygen atoms in total. The van der Waals surface area contributed by atoms with E-state index in [0.29, 0.717) is 17.7 Å². The highest BCUT2D eigenvalue weighted by atomic mass is 19.1. The molecule has 0 bridgehead atoms. The Morgan fingerprint density at radius 2 is 2.00 bits per heavy atom. The van der Waals surface area contributed by atoms with E-state index < -0.39 is 4.92 Å². The second-order valence-electron chi connectivity index (χ2n) is 4.62. The normalized spacial score (nSPS) is 9.71. The Morgan fingerprint density at radius 3 is 2.48 bits per heavy atom. The average molecular weight is 293 g/mol. The van der Waals surface area contributed by atoms with E-state index in [0.717, 1.165) is 0 Å². The first-order valence-corrected chi connectivity index (χ1v) is 6.19. The summed E-state index contributed by atoms with van der Waals surface area (Å²) in [5.74, 6) is -0.332. The Morgan fingerprint density at radius 1 is 1.38 bits per heavy atom. The molecule has 2 rings (SSSR count). The number of hydrogen-bond acceptors (Lipinski definition) is 4. The van der Waals surface area contributed by atoms with Gasteiger partial charge >= 0.3 is 5.82 Å². The van der Waals surface area contributed by atoms with Gasteiger partial charge in [0.25, 0.3) is 0 Å². The molecular formula is C14H16FN3O3. The van der Waals surface area contributed by atoms with Crippen molar-refractivity contribution >= 4 is 11.6 Å². The molecular weight excluding hydrogens is 277 g/mol. The Kier molecular flexibility index (Phi) is 5.71. The van der Waals surface area contributed by atoms with E-state index in [-0.39, 0.29) is 17.4 Å². The second-order valence-corrected chi connectivity index (χ2v) is 4.62. The van der Waals surface area contributed by atoms with E-state index in [2.05, 4.69) is 5.10 Å². The van der Waals surface area contributed by atoms with Gasteiger partial charge in [0.1, 0.15) is 11.6 Å². The van der Waals surface area contributed by atoms with Crippen molar-refractivity contribution < 1.29 is 14.1 Å². The largest absolute Gasteiger partial charge is 0.389 e. The number of carbonyl (C=O) groups is 1. The highest BCUT2D eigenvalue weighted by Crippen LogP contribution is 2.12. The number of nitro groups is 1. The number of nitrogens with zero attached hydrogens (tertiary/aromatic N) is 3. The molecule has 2 aromatic rings. The first kappa shape index (κ1) is 16.5. The highest BCUT2D eigenvalue weighted by Gasteiger charge is 2.11. The monoisotopic (exact) mass is 293 g/mol. The van der Waals surface area contributed by atoms with Crippen molar-refractivity contribution in [1.82, 2.24) is 9.78 Å². The molecule has 21 heavy (non-hydrogen) atoms. The van der Waals surface area contributed by atoms with Crippen LogP contribution in [0.4, 0.5) is 10.2 Å². The molecule has 0 aliphatic carbocycles. The molecule has 1 aromatic heterocycles. The molecule has 0 aliphatic heterocycles. The van der Waals surface area contributed by atoms with Crippen LogP contribution in [-0.4, -0.2) is 20.5 Å². The van der Waals surface area contributed by atoms with Crippen LogP contribution in [0.1, 0.15) is 25.0 Å². The van der Waals surface area contributed by atoms with Crippen LogP contribution in [0.15, 0.2) is 30.5 Å². The zero-order chi connectivity index (χ0) is 16.0. The molecule has 0 saturated carbocycles. The molecule has 0 spiro atoms. The molecule has 0 unspecified atom stereocenters. The number of ketones is 1. The van der Waals surface area contributed by atoms with E-state index in [1.54, 1.807) is 19.1 Å². The van der Waals surface area contributed by atoms with Gasteiger partial charge in [0.15, 0.2) is 0 Å². The summed E-state index contributed by atoms with van der Waals surface area (Å²) in [6.45, 7) is 5.04. The lowest BCUT2D eigenvalue weighted by molar-refractivity contribution is -0.389. The van der Waals surface area contributed by atoms with Crippen molar-refractivity contribution in [1.29, 1.82) is 0 Å². The van der Waals surface area contributed by atoms with E-state index in [1.807, 2.05) is 0 Å². The van der Waals surface area contributed by atoms with Gasteiger partial charge in [-0.05, 0) is 42.9 Å². The van der Waals surface area contributed by atoms with Crippen LogP contribution in [0.25, 0.3) is 0 Å². The van der Waals surface area contributed by atoms with Gasteiger partial charge in [-0.2, -0.15) is 4.68 Å². The van der Waals surface area contributed by atoms with Gasteiger partial charge in [-0.3, -0.25) is 0 Å². The van der Waals surface area contributed by atoms with Crippen LogP contribution in [0.2, 0.25) is 0 Å². The van der Waals surface area contributed by atoms with Crippen molar-refractivity contribution in [2.75, 3.05) is 0 Å². The topological polar surface area (TPSA) is 78.0 Å². The molecule has 0 radical (unpaired) electrons. The van der Waals surface area contributed by atoms with Crippen molar-refractivity contribution in [3.8, 4) is 0 Å². The standard InChI is InChI=1S/C11H10FN3O2.C3H6O/c1-8-2-3-9(6-10(8)12)7-14-5-4-11(13-14)15(16)17;1-3(2)4/h2-6H,7H2,1H3;1-2H3. The zero-order valence-electron chi connectivity index (χ0n) is 12.0. The quantitative estimate of drug-likeness (QED) is 0.644. The minimum absolute atomic E-state index is 0.167. The molecule has 0 N–H and O–H groups in total. The summed E-state index contributed by atoms with van der Waals surface area (Å²) in [7, 11) is 0. The lowest BCUT2D eigenvalue weighted by Gasteiger charge is -2.01. The number of rotatable bonds is 3. The minimum Gasteiger partial charge on any atom is -0.358 e. The summed E-state index contributed by atoms with van der Waals surface area (Å²) in [6, 6.07) is 6.15. The summed E-state index contributed by atoms with van der Waals surface area (Å²) in [4.78, 5) is 19.3. The zero-order valence-corrected chi connectivity index (χ0v) is 12.0. The first-order valence-electron chi connectivity index (χ1n) is 6.19. The number of hydrogen-bond donors (Lipinski definition) is 0. The molecule has 112 valence electrons. The van der Waals surface area contributed by atoms with E-state index in [4.69, 9.17) is 0 Å². The predicted molar refractivity (Wildman–Crippen MR) is 75.5 cm³/mol. The van der Waals surface area contributed by atoms with Gasteiger partial charge in [0.2, 0.25) is 0 Å². The van der Waals surface area contributed by atoms with Crippen molar-refractivity contribution in [3.05, 3.63) is 57.5 Å². The number of benzene rings is 1. The highest BCUT2D eigenvalue weighted by molar-refractivity contribution is 5.72. The molecule has 1 aromatic carbocycles. The Bertz CT molecular complexity index is 649. The van der Waals surface area contributed by atoms with Crippen LogP contribution in [0.5, 0.6) is 0 Å². The van der Waals surface area contributed by atoms with Crippen molar-refractivity contribution in [3.63, 3.8) is 0 Å². The van der Waals surface area contributed by atoms with Gasteiger partial charge < -0.3 is 14.9 Å². The van der Waals surface area contributed by atoms with Gasteiger partial charge in [0.05, 0.1) is 23.9 Å². The van der Waals surface area contributed by atoms with E-state index in [1.165, 1.54) is 36.9 Å². The van der Waals surface area contributed by atoms with E-state index in [9.17, 15) is 19.3 Å². The maximum Gasteiger partial charge on any atom is 0.389 e.